The highest BCUT2D eigenvalue weighted by Gasteiger charge is 2.37. The molecule has 6 heteroatoms. The summed E-state index contributed by atoms with van der Waals surface area (Å²) in [7, 11) is 0. The van der Waals surface area contributed by atoms with Gasteiger partial charge in [-0.3, -0.25) is 5.43 Å². The van der Waals surface area contributed by atoms with Crippen molar-refractivity contribution < 1.29 is 13.2 Å². The Balaban J connectivity index is 2.65. The molecule has 2 rings (SSSR count). The Morgan fingerprint density at radius 3 is 2.47 bits per heavy atom. The van der Waals surface area contributed by atoms with E-state index >= 15 is 0 Å². The summed E-state index contributed by atoms with van der Waals surface area (Å²) < 4.78 is 37.7. The topological polar surface area (TPSA) is 58.1 Å². The average molecular weight is 211 g/mol. The fourth-order valence-electron chi connectivity index (χ4n) is 1.28. The van der Waals surface area contributed by atoms with Gasteiger partial charge in [0.1, 0.15) is 0 Å². The van der Waals surface area contributed by atoms with Crippen molar-refractivity contribution in [1.82, 2.24) is 5.43 Å². The molecule has 1 heterocycles. The molecule has 0 spiro atoms. The maximum Gasteiger partial charge on any atom is 0.417 e. The smallest absolute Gasteiger partial charge is 0.257 e. The van der Waals surface area contributed by atoms with Gasteiger partial charge in [0.05, 0.1) is 22.8 Å². The second-order valence-electron chi connectivity index (χ2n) is 2.91. The average Bonchev–Trinajstić information content (AvgIpc) is 2.98. The van der Waals surface area contributed by atoms with Gasteiger partial charge in [0.2, 0.25) is 0 Å². The number of hydrogen-bond acceptors (Lipinski definition) is 3. The number of nitriles is 1. The van der Waals surface area contributed by atoms with Gasteiger partial charge < -0.3 is 0 Å². The van der Waals surface area contributed by atoms with Crippen molar-refractivity contribution in [2.75, 3.05) is 0 Å². The van der Waals surface area contributed by atoms with Gasteiger partial charge in [-0.25, -0.2) is 0 Å². The van der Waals surface area contributed by atoms with Crippen LogP contribution in [0.1, 0.15) is 16.7 Å². The zero-order valence-corrected chi connectivity index (χ0v) is 7.26. The summed E-state index contributed by atoms with van der Waals surface area (Å²) >= 11 is 0. The van der Waals surface area contributed by atoms with Gasteiger partial charge >= 0.3 is 6.18 Å². The van der Waals surface area contributed by atoms with Crippen LogP contribution in [0.2, 0.25) is 0 Å². The molecular formula is C9H4F3N3. The summed E-state index contributed by atoms with van der Waals surface area (Å²) in [5.74, 6) is 0.111. The fourth-order valence-corrected chi connectivity index (χ4v) is 1.28. The molecule has 0 aromatic heterocycles. The van der Waals surface area contributed by atoms with Crippen LogP contribution < -0.4 is 5.43 Å². The second-order valence-corrected chi connectivity index (χ2v) is 2.91. The zero-order chi connectivity index (χ0) is 11.1. The Kier molecular flexibility index (Phi) is 1.89. The third kappa shape index (κ3) is 1.64. The summed E-state index contributed by atoms with van der Waals surface area (Å²) in [5.41, 5.74) is 1.28. The lowest BCUT2D eigenvalue weighted by atomic mass is 10.0. The normalized spacial score (nSPS) is 13.9. The van der Waals surface area contributed by atoms with Crippen LogP contribution in [0.4, 0.5) is 13.2 Å². The van der Waals surface area contributed by atoms with Crippen LogP contribution in [-0.2, 0) is 6.18 Å². The number of benzene rings is 1. The molecule has 0 saturated carbocycles. The first-order valence-corrected chi connectivity index (χ1v) is 3.98. The van der Waals surface area contributed by atoms with E-state index < -0.39 is 11.7 Å². The van der Waals surface area contributed by atoms with Gasteiger partial charge in [-0.1, -0.05) is 6.07 Å². The summed E-state index contributed by atoms with van der Waals surface area (Å²) in [4.78, 5) is 0. The summed E-state index contributed by atoms with van der Waals surface area (Å²) in [5, 5.41) is 12.2. The van der Waals surface area contributed by atoms with E-state index in [1.165, 1.54) is 12.1 Å². The minimum Gasteiger partial charge on any atom is -0.257 e. The lowest BCUT2D eigenvalue weighted by Gasteiger charge is -2.10. The highest BCUT2D eigenvalue weighted by Crippen LogP contribution is 2.34. The van der Waals surface area contributed by atoms with Crippen molar-refractivity contribution in [2.24, 2.45) is 5.10 Å². The van der Waals surface area contributed by atoms with E-state index in [4.69, 9.17) is 5.26 Å². The molecule has 0 aliphatic carbocycles. The largest absolute Gasteiger partial charge is 0.417 e. The van der Waals surface area contributed by atoms with Crippen molar-refractivity contribution in [1.29, 1.82) is 5.26 Å². The molecule has 0 unspecified atom stereocenters. The molecule has 0 amide bonds. The molecule has 3 nitrogen and oxygen atoms in total. The number of alkyl halides is 3. The number of nitrogens with one attached hydrogen (secondary N) is 1. The predicted molar refractivity (Wildman–Crippen MR) is 45.8 cm³/mol. The van der Waals surface area contributed by atoms with E-state index in [0.717, 1.165) is 6.07 Å². The number of hydrazone groups is 1. The van der Waals surface area contributed by atoms with Gasteiger partial charge in [-0.15, -0.1) is 0 Å². The van der Waals surface area contributed by atoms with Crippen molar-refractivity contribution >= 4 is 5.84 Å². The molecule has 0 atom stereocenters. The van der Waals surface area contributed by atoms with Gasteiger partial charge in [-0.05, 0) is 12.1 Å². The van der Waals surface area contributed by atoms with E-state index in [9.17, 15) is 13.2 Å². The van der Waals surface area contributed by atoms with E-state index in [1.54, 1.807) is 6.07 Å². The van der Waals surface area contributed by atoms with Crippen LogP contribution in [0.25, 0.3) is 0 Å². The molecule has 1 aromatic carbocycles. The zero-order valence-electron chi connectivity index (χ0n) is 7.26. The fraction of sp³-hybridized carbons (Fsp3) is 0.111. The van der Waals surface area contributed by atoms with Crippen LogP contribution in [-0.4, -0.2) is 5.84 Å². The van der Waals surface area contributed by atoms with Gasteiger partial charge in [-0.2, -0.15) is 23.5 Å². The molecule has 1 N–H and O–H groups in total. The Bertz CT molecular complexity index is 482. The second kappa shape index (κ2) is 2.98. The minimum atomic E-state index is -4.48. The van der Waals surface area contributed by atoms with Crippen LogP contribution in [0.15, 0.2) is 23.3 Å². The number of rotatable bonds is 1. The molecule has 0 saturated heterocycles. The quantitative estimate of drug-likeness (QED) is 0.770. The Morgan fingerprint density at radius 1 is 1.33 bits per heavy atom. The van der Waals surface area contributed by atoms with E-state index in [1.807, 2.05) is 0 Å². The number of hydrogen-bond donors (Lipinski definition) is 1. The SMILES string of the molecule is N#Cc1cccc(C(F)(F)F)c1C1=NN1. The predicted octanol–water partition coefficient (Wildman–Crippen LogP) is 1.84. The van der Waals surface area contributed by atoms with Crippen LogP contribution in [0, 0.1) is 11.3 Å². The van der Waals surface area contributed by atoms with Crippen LogP contribution >= 0.6 is 0 Å². The van der Waals surface area contributed by atoms with Gasteiger partial charge in [0, 0.05) is 0 Å². The molecule has 0 bridgehead atoms. The molecule has 15 heavy (non-hydrogen) atoms. The third-order valence-corrected chi connectivity index (χ3v) is 1.95. The van der Waals surface area contributed by atoms with Gasteiger partial charge in [0.15, 0.2) is 5.84 Å². The Labute approximate surface area is 82.8 Å². The molecule has 76 valence electrons. The maximum atomic E-state index is 12.6. The highest BCUT2D eigenvalue weighted by molar-refractivity contribution is 6.08. The van der Waals surface area contributed by atoms with Crippen molar-refractivity contribution in [2.45, 2.75) is 6.18 Å². The maximum absolute atomic E-state index is 12.6. The lowest BCUT2D eigenvalue weighted by Crippen LogP contribution is -2.13. The van der Waals surface area contributed by atoms with Crippen LogP contribution in [0.5, 0.6) is 0 Å². The van der Waals surface area contributed by atoms with Crippen molar-refractivity contribution in [3.8, 4) is 6.07 Å². The first kappa shape index (κ1) is 9.52. The van der Waals surface area contributed by atoms with Crippen molar-refractivity contribution in [3.05, 3.63) is 34.9 Å². The summed E-state index contributed by atoms with van der Waals surface area (Å²) in [6.07, 6.45) is -4.48. The van der Waals surface area contributed by atoms with Crippen molar-refractivity contribution in [3.63, 3.8) is 0 Å². The van der Waals surface area contributed by atoms with E-state index in [-0.39, 0.29) is 17.0 Å². The standard InChI is InChI=1S/C9H4F3N3/c10-9(11,12)6-3-1-2-5(4-13)7(6)8-14-15-8/h1-3H,(H,14,15). The molecule has 0 radical (unpaired) electrons. The molecular weight excluding hydrogens is 207 g/mol. The lowest BCUT2D eigenvalue weighted by molar-refractivity contribution is -0.137. The monoisotopic (exact) mass is 211 g/mol. The number of nitrogens with zero attached hydrogens (tertiary/aromatic N) is 2. The summed E-state index contributed by atoms with van der Waals surface area (Å²) in [6, 6.07) is 5.17. The third-order valence-electron chi connectivity index (χ3n) is 1.95. The van der Waals surface area contributed by atoms with E-state index in [0.29, 0.717) is 0 Å². The molecule has 1 aliphatic heterocycles. The first-order chi connectivity index (χ1) is 7.04. The summed E-state index contributed by atoms with van der Waals surface area (Å²) in [6.45, 7) is 0. The van der Waals surface area contributed by atoms with E-state index in [2.05, 4.69) is 10.5 Å². The molecule has 0 fully saturated rings. The Hall–Kier alpha value is -2.03. The molecule has 1 aliphatic rings. The number of amidine groups is 1. The van der Waals surface area contributed by atoms with Crippen LogP contribution in [0.3, 0.4) is 0 Å². The highest BCUT2D eigenvalue weighted by atomic mass is 19.4. The molecule has 1 aromatic rings. The minimum absolute atomic E-state index is 0.0337. The number of halogens is 3. The first-order valence-electron chi connectivity index (χ1n) is 3.98. The van der Waals surface area contributed by atoms with Gasteiger partial charge in [0.25, 0.3) is 0 Å². The Morgan fingerprint density at radius 2 is 2.00 bits per heavy atom.